The summed E-state index contributed by atoms with van der Waals surface area (Å²) in [7, 11) is 4.87. The lowest BCUT2D eigenvalue weighted by Gasteiger charge is -2.14. The predicted octanol–water partition coefficient (Wildman–Crippen LogP) is 3.48. The fraction of sp³-hybridized carbons (Fsp3) is 0.120. The number of hydrogen-bond donors (Lipinski definition) is 1. The van der Waals surface area contributed by atoms with E-state index in [1.165, 1.54) is 22.2 Å². The molecule has 2 aromatic carbocycles. The third-order valence-electron chi connectivity index (χ3n) is 5.43. The molecule has 10 heteroatoms. The van der Waals surface area contributed by atoms with Crippen molar-refractivity contribution in [1.82, 2.24) is 10.3 Å². The molecule has 0 saturated carbocycles. The summed E-state index contributed by atoms with van der Waals surface area (Å²) < 4.78 is 17.6. The van der Waals surface area contributed by atoms with Gasteiger partial charge in [-0.2, -0.15) is 0 Å². The lowest BCUT2D eigenvalue weighted by atomic mass is 9.98. The van der Waals surface area contributed by atoms with E-state index in [1.54, 1.807) is 21.3 Å². The molecule has 0 aliphatic heterocycles. The highest BCUT2D eigenvalue weighted by Gasteiger charge is 2.21. The normalized spacial score (nSPS) is 11.7. The van der Waals surface area contributed by atoms with Gasteiger partial charge >= 0.3 is 5.88 Å². The Bertz CT molecular complexity index is 1560. The molecule has 0 aliphatic carbocycles. The van der Waals surface area contributed by atoms with Crippen LogP contribution in [0.3, 0.4) is 0 Å². The maximum atomic E-state index is 13.0. The van der Waals surface area contributed by atoms with E-state index >= 15 is 0 Å². The Balaban J connectivity index is 1.79. The Morgan fingerprint density at radius 3 is 2.57 bits per heavy atom. The van der Waals surface area contributed by atoms with Crippen molar-refractivity contribution in [1.29, 1.82) is 0 Å². The van der Waals surface area contributed by atoms with Gasteiger partial charge in [-0.15, -0.1) is 11.3 Å². The molecule has 176 valence electrons. The molecule has 35 heavy (non-hydrogen) atoms. The van der Waals surface area contributed by atoms with Crippen LogP contribution in [0.25, 0.3) is 32.6 Å². The molecule has 0 spiro atoms. The zero-order valence-corrected chi connectivity index (χ0v) is 20.0. The van der Waals surface area contributed by atoms with Crippen molar-refractivity contribution in [3.8, 4) is 33.9 Å². The third-order valence-corrected chi connectivity index (χ3v) is 6.52. The van der Waals surface area contributed by atoms with Crippen LogP contribution in [0, 0.1) is 0 Å². The summed E-state index contributed by atoms with van der Waals surface area (Å²) in [6.07, 6.45) is 1.50. The number of aryl methyl sites for hydroxylation is 1. The van der Waals surface area contributed by atoms with Gasteiger partial charge in [0, 0.05) is 28.0 Å². The first-order chi connectivity index (χ1) is 17.0. The molecule has 0 radical (unpaired) electrons. The van der Waals surface area contributed by atoms with Crippen molar-refractivity contribution in [2.45, 2.75) is 0 Å². The van der Waals surface area contributed by atoms with Crippen molar-refractivity contribution in [2.75, 3.05) is 20.0 Å². The fourth-order valence-electron chi connectivity index (χ4n) is 3.79. The number of nitrogens with zero attached hydrogens (tertiary/aromatic N) is 4. The van der Waals surface area contributed by atoms with E-state index in [0.717, 1.165) is 22.4 Å². The molecule has 0 fully saturated rings. The highest BCUT2D eigenvalue weighted by molar-refractivity contribution is 7.21. The number of rotatable bonds is 6. The van der Waals surface area contributed by atoms with Gasteiger partial charge < -0.3 is 20.3 Å². The van der Waals surface area contributed by atoms with Gasteiger partial charge in [-0.3, -0.25) is 4.52 Å². The quantitative estimate of drug-likeness (QED) is 0.221. The first kappa shape index (κ1) is 22.4. The second-order valence-corrected chi connectivity index (χ2v) is 8.64. The number of anilines is 1. The number of nitrogens with two attached hydrogens (primary N) is 1. The van der Waals surface area contributed by atoms with Crippen LogP contribution in [0.15, 0.2) is 70.3 Å². The molecule has 9 nitrogen and oxygen atoms in total. The Morgan fingerprint density at radius 1 is 1.09 bits per heavy atom. The summed E-state index contributed by atoms with van der Waals surface area (Å²) in [5, 5.41) is 17.4. The molecule has 5 rings (SSSR count). The minimum Gasteiger partial charge on any atom is -0.857 e. The first-order valence-electron chi connectivity index (χ1n) is 10.6. The number of nitrogen functional groups attached to an aromatic ring is 1. The smallest absolute Gasteiger partial charge is 0.320 e. The molecule has 0 unspecified atom stereocenters. The average molecular weight is 488 g/mol. The van der Waals surface area contributed by atoms with Gasteiger partial charge in [0.15, 0.2) is 12.3 Å². The highest BCUT2D eigenvalue weighted by atomic mass is 32.1. The molecule has 3 heterocycles. The van der Waals surface area contributed by atoms with Gasteiger partial charge in [0.2, 0.25) is 0 Å². The van der Waals surface area contributed by atoms with Crippen molar-refractivity contribution >= 4 is 39.0 Å². The van der Waals surface area contributed by atoms with Crippen molar-refractivity contribution in [2.24, 2.45) is 12.0 Å². The molecule has 0 aliphatic rings. The summed E-state index contributed by atoms with van der Waals surface area (Å²) >= 11 is 1.18. The lowest BCUT2D eigenvalue weighted by Crippen LogP contribution is -2.27. The molecule has 2 N–H and O–H groups in total. The van der Waals surface area contributed by atoms with Gasteiger partial charge in [0.25, 0.3) is 6.20 Å². The summed E-state index contributed by atoms with van der Waals surface area (Å²) in [6.45, 7) is 0. The van der Waals surface area contributed by atoms with E-state index in [0.29, 0.717) is 21.7 Å². The minimum absolute atomic E-state index is 0.0852. The van der Waals surface area contributed by atoms with Gasteiger partial charge in [0.05, 0.1) is 30.5 Å². The molecule has 0 bridgehead atoms. The van der Waals surface area contributed by atoms with Crippen molar-refractivity contribution in [3.05, 3.63) is 65.7 Å². The van der Waals surface area contributed by atoms with Gasteiger partial charge in [0.1, 0.15) is 16.3 Å². The number of aliphatic imine (C=N–C) groups is 1. The second-order valence-electron chi connectivity index (χ2n) is 7.64. The van der Waals surface area contributed by atoms with E-state index in [1.807, 2.05) is 54.6 Å². The molecule has 0 amide bonds. The molecular formula is C25H21N5O4S. The molecular weight excluding hydrogens is 466 g/mol. The monoisotopic (exact) mass is 487 g/mol. The summed E-state index contributed by atoms with van der Waals surface area (Å²) in [5.41, 5.74) is 10.0. The van der Waals surface area contributed by atoms with Crippen LogP contribution in [0.5, 0.6) is 11.5 Å². The topological polar surface area (TPSA) is 123 Å². The number of thiophene rings is 1. The number of pyridine rings is 1. The van der Waals surface area contributed by atoms with E-state index in [-0.39, 0.29) is 16.4 Å². The average Bonchev–Trinajstić information content (AvgIpc) is 3.45. The zero-order chi connectivity index (χ0) is 24.5. The first-order valence-corrected chi connectivity index (χ1v) is 11.4. The van der Waals surface area contributed by atoms with Crippen LogP contribution in [-0.4, -0.2) is 30.4 Å². The van der Waals surface area contributed by atoms with Crippen LogP contribution in [-0.2, 0) is 7.05 Å². The number of aromatic nitrogens is 3. The Kier molecular flexibility index (Phi) is 5.79. The van der Waals surface area contributed by atoms with Crippen LogP contribution >= 0.6 is 11.3 Å². The minimum atomic E-state index is -0.535. The number of benzene rings is 2. The zero-order valence-electron chi connectivity index (χ0n) is 19.2. The standard InChI is InChI=1S/C25H21N5O4S/c1-30-13-20(34-29-30)28-24(31)23-22(26)21-17(16-11-15(32-2)9-10-19(16)33-3)12-18(27-25(21)35-23)14-7-5-4-6-8-14/h4-13H,1-3H3,(H2-,26,28,29,31). The maximum Gasteiger partial charge on any atom is 0.320 e. The van der Waals surface area contributed by atoms with Crippen LogP contribution in [0.1, 0.15) is 4.88 Å². The summed E-state index contributed by atoms with van der Waals surface area (Å²) in [6, 6.07) is 17.3. The molecule has 0 atom stereocenters. The van der Waals surface area contributed by atoms with Gasteiger partial charge in [-0.1, -0.05) is 35.0 Å². The molecule has 3 aromatic heterocycles. The van der Waals surface area contributed by atoms with E-state index < -0.39 is 5.90 Å². The highest BCUT2D eigenvalue weighted by Crippen LogP contribution is 2.44. The van der Waals surface area contributed by atoms with Crippen molar-refractivity contribution < 1.29 is 23.8 Å². The SMILES string of the molecule is COc1ccc(OC)c(-c2cc(-c3ccccc3)nc3sc(/C([O-])=N/c4c[n+](C)no4)c(N)c23)c1. The van der Waals surface area contributed by atoms with E-state index in [2.05, 4.69) is 10.3 Å². The predicted molar refractivity (Wildman–Crippen MR) is 132 cm³/mol. The van der Waals surface area contributed by atoms with Gasteiger partial charge in [-0.05, 0) is 24.3 Å². The maximum absolute atomic E-state index is 13.0. The van der Waals surface area contributed by atoms with E-state index in [9.17, 15) is 5.11 Å². The number of fused-ring (bicyclic) bond motifs is 1. The van der Waals surface area contributed by atoms with Crippen LogP contribution < -0.4 is 25.0 Å². The summed E-state index contributed by atoms with van der Waals surface area (Å²) in [4.78, 5) is 9.72. The van der Waals surface area contributed by atoms with E-state index in [4.69, 9.17) is 24.7 Å². The third kappa shape index (κ3) is 4.15. The van der Waals surface area contributed by atoms with Crippen molar-refractivity contribution in [3.63, 3.8) is 0 Å². The largest absolute Gasteiger partial charge is 0.857 e. The molecule has 0 saturated heterocycles. The number of methoxy groups -OCH3 is 2. The Hall–Kier alpha value is -4.44. The lowest BCUT2D eigenvalue weighted by molar-refractivity contribution is -0.739. The number of ether oxygens (including phenoxy) is 2. The van der Waals surface area contributed by atoms with Crippen LogP contribution in [0.4, 0.5) is 11.6 Å². The fourth-order valence-corrected chi connectivity index (χ4v) is 4.79. The summed E-state index contributed by atoms with van der Waals surface area (Å²) in [5.74, 6) is 0.842. The second kappa shape index (κ2) is 9.07. The Labute approximate surface area is 204 Å². The molecule has 5 aromatic rings. The Morgan fingerprint density at radius 2 is 1.89 bits per heavy atom. The van der Waals surface area contributed by atoms with Crippen LogP contribution in [0.2, 0.25) is 0 Å². The van der Waals surface area contributed by atoms with Gasteiger partial charge in [-0.25, -0.2) is 9.98 Å². The number of hydrogen-bond acceptors (Lipinski definition) is 9.